The number of nitrogens with one attached hydrogen (secondary N) is 1. The Balaban J connectivity index is 0.00000259. The average Bonchev–Trinajstić information content (AvgIpc) is 3.39. The normalized spacial score (nSPS) is 22.0. The van der Waals surface area contributed by atoms with Gasteiger partial charge in [0.05, 0.1) is 11.0 Å². The summed E-state index contributed by atoms with van der Waals surface area (Å²) in [7, 11) is 0. The van der Waals surface area contributed by atoms with Crippen molar-refractivity contribution in [3.63, 3.8) is 0 Å². The fourth-order valence-corrected chi connectivity index (χ4v) is 5.43. The van der Waals surface area contributed by atoms with E-state index in [1.807, 2.05) is 0 Å². The van der Waals surface area contributed by atoms with E-state index < -0.39 is 17.6 Å². The molecule has 2 aliphatic heterocycles. The van der Waals surface area contributed by atoms with Crippen LogP contribution >= 0.6 is 11.3 Å². The minimum Gasteiger partial charge on any atom is -0.488 e. The number of nitrogens with zero attached hydrogens (tertiary/aromatic N) is 1. The molecule has 0 spiro atoms. The third-order valence-corrected chi connectivity index (χ3v) is 7.57. The Morgan fingerprint density at radius 1 is 1.25 bits per heavy atom. The molecule has 1 saturated carbocycles. The van der Waals surface area contributed by atoms with E-state index in [0.29, 0.717) is 36.4 Å². The minimum absolute atomic E-state index is 0. The molecular formula is C23H23F3N2O3S. The van der Waals surface area contributed by atoms with E-state index in [0.717, 1.165) is 10.4 Å². The van der Waals surface area contributed by atoms with Gasteiger partial charge in [0.1, 0.15) is 18.4 Å². The number of allylic oxidation sites excluding steroid dienone is 1. The maximum absolute atomic E-state index is 13.3. The van der Waals surface area contributed by atoms with Gasteiger partial charge in [0.25, 0.3) is 5.91 Å². The summed E-state index contributed by atoms with van der Waals surface area (Å²) in [5.41, 5.74) is 0.658. The molecule has 170 valence electrons. The summed E-state index contributed by atoms with van der Waals surface area (Å²) in [4.78, 5) is 27.6. The molecule has 0 unspecified atom stereocenters. The number of hydrogen-bond donors (Lipinski definition) is 1. The van der Waals surface area contributed by atoms with Gasteiger partial charge >= 0.3 is 6.18 Å². The van der Waals surface area contributed by atoms with Crippen molar-refractivity contribution in [2.24, 2.45) is 0 Å². The lowest BCUT2D eigenvalue weighted by Gasteiger charge is -2.31. The lowest BCUT2D eigenvalue weighted by molar-refractivity contribution is -0.160. The highest BCUT2D eigenvalue weighted by molar-refractivity contribution is 7.10. The first kappa shape index (κ1) is 21.1. The summed E-state index contributed by atoms with van der Waals surface area (Å²) in [5.74, 6) is 0.0928. The molecule has 0 radical (unpaired) electrons. The topological polar surface area (TPSA) is 58.6 Å². The number of alkyl halides is 3. The fourth-order valence-electron chi connectivity index (χ4n) is 4.48. The summed E-state index contributed by atoms with van der Waals surface area (Å²) in [5, 5.41) is 4.49. The zero-order chi connectivity index (χ0) is 22.7. The molecular weight excluding hydrogens is 441 g/mol. The summed E-state index contributed by atoms with van der Waals surface area (Å²) in [6.45, 7) is 4.32. The van der Waals surface area contributed by atoms with Gasteiger partial charge in [0.15, 0.2) is 0 Å². The first-order valence-corrected chi connectivity index (χ1v) is 11.3. The lowest BCUT2D eigenvalue weighted by atomic mass is 9.95. The Hall–Kier alpha value is -2.81. The van der Waals surface area contributed by atoms with E-state index in [1.165, 1.54) is 23.5 Å². The predicted molar refractivity (Wildman–Crippen MR) is 114 cm³/mol. The number of thiophene rings is 1. The second-order valence-corrected chi connectivity index (χ2v) is 9.49. The van der Waals surface area contributed by atoms with Gasteiger partial charge in [-0.2, -0.15) is 13.2 Å². The van der Waals surface area contributed by atoms with Crippen molar-refractivity contribution in [3.05, 3.63) is 63.5 Å². The number of fused-ring (bicyclic) bond motifs is 1. The van der Waals surface area contributed by atoms with Gasteiger partial charge < -0.3 is 15.0 Å². The standard InChI is InChI=1S/C23H21F3N2O3S.H2/c1-13-2-7-18(20(29)27-13)28-10-16-17(21(28)30)12-32-19(16)11-31-15-5-3-14(4-6-15)22(8-9-22)23(24,25)26;/h3-6,12,18H,1-2,7-11H2,(H,27,29);1H/t18-;/m0./s1. The molecule has 3 aliphatic rings. The van der Waals surface area contributed by atoms with Gasteiger partial charge in [0, 0.05) is 29.5 Å². The van der Waals surface area contributed by atoms with Crippen molar-refractivity contribution < 1.29 is 28.9 Å². The zero-order valence-electron chi connectivity index (χ0n) is 17.1. The van der Waals surface area contributed by atoms with Crippen LogP contribution in [0.1, 0.15) is 53.5 Å². The van der Waals surface area contributed by atoms with Crippen LogP contribution in [0, 0.1) is 0 Å². The Kier molecular flexibility index (Phi) is 4.85. The molecule has 32 heavy (non-hydrogen) atoms. The van der Waals surface area contributed by atoms with Crippen LogP contribution in [0.15, 0.2) is 41.9 Å². The van der Waals surface area contributed by atoms with Crippen molar-refractivity contribution >= 4 is 23.2 Å². The number of halogens is 3. The van der Waals surface area contributed by atoms with E-state index in [-0.39, 0.29) is 38.3 Å². The number of carbonyl (C=O) groups excluding carboxylic acids is 2. The average molecular weight is 465 g/mol. The number of piperidine rings is 1. The van der Waals surface area contributed by atoms with Gasteiger partial charge in [-0.3, -0.25) is 9.59 Å². The summed E-state index contributed by atoms with van der Waals surface area (Å²) >= 11 is 1.41. The molecule has 5 rings (SSSR count). The first-order valence-electron chi connectivity index (χ1n) is 10.4. The number of ether oxygens (including phenoxy) is 1. The van der Waals surface area contributed by atoms with Crippen LogP contribution in [0.25, 0.3) is 0 Å². The molecule has 2 fully saturated rings. The third kappa shape index (κ3) is 3.39. The van der Waals surface area contributed by atoms with Crippen molar-refractivity contribution in [3.8, 4) is 5.75 Å². The Labute approximate surface area is 188 Å². The van der Waals surface area contributed by atoms with E-state index in [2.05, 4.69) is 11.9 Å². The first-order chi connectivity index (χ1) is 15.2. The molecule has 2 aromatic rings. The molecule has 1 aromatic carbocycles. The van der Waals surface area contributed by atoms with E-state index in [9.17, 15) is 22.8 Å². The molecule has 3 heterocycles. The molecule has 1 aromatic heterocycles. The predicted octanol–water partition coefficient (Wildman–Crippen LogP) is 4.92. The van der Waals surface area contributed by atoms with Crippen LogP contribution in [0.5, 0.6) is 5.75 Å². The zero-order valence-corrected chi connectivity index (χ0v) is 17.9. The maximum atomic E-state index is 13.3. The number of benzene rings is 1. The number of hydrogen-bond acceptors (Lipinski definition) is 4. The van der Waals surface area contributed by atoms with Gasteiger partial charge in [-0.15, -0.1) is 11.3 Å². The molecule has 2 amide bonds. The minimum atomic E-state index is -4.24. The highest BCUT2D eigenvalue weighted by Crippen LogP contribution is 2.59. The van der Waals surface area contributed by atoms with Crippen molar-refractivity contribution in [1.29, 1.82) is 0 Å². The molecule has 1 aliphatic carbocycles. The van der Waals surface area contributed by atoms with Gasteiger partial charge in [-0.05, 0) is 43.4 Å². The molecule has 1 saturated heterocycles. The number of rotatable bonds is 5. The van der Waals surface area contributed by atoms with Crippen molar-refractivity contribution in [1.82, 2.24) is 10.2 Å². The highest BCUT2D eigenvalue weighted by atomic mass is 32.1. The SMILES string of the molecule is C=C1CC[C@H](N2Cc3c(csc3COc3ccc(C4(C(F)(F)F)CC4)cc3)C2=O)C(=O)N1.[HH]. The molecule has 9 heteroatoms. The molecule has 0 bridgehead atoms. The van der Waals surface area contributed by atoms with Crippen LogP contribution < -0.4 is 10.1 Å². The maximum Gasteiger partial charge on any atom is 0.398 e. The highest BCUT2D eigenvalue weighted by Gasteiger charge is 2.64. The third-order valence-electron chi connectivity index (χ3n) is 6.57. The van der Waals surface area contributed by atoms with Crippen LogP contribution in [0.4, 0.5) is 13.2 Å². The van der Waals surface area contributed by atoms with Crippen LogP contribution in [0.3, 0.4) is 0 Å². The van der Waals surface area contributed by atoms with Gasteiger partial charge in [0.2, 0.25) is 5.91 Å². The fraction of sp³-hybridized carbons (Fsp3) is 0.391. The van der Waals surface area contributed by atoms with Gasteiger partial charge in [-0.1, -0.05) is 18.7 Å². The Bertz CT molecular complexity index is 1110. The Morgan fingerprint density at radius 3 is 2.59 bits per heavy atom. The van der Waals surface area contributed by atoms with Crippen LogP contribution in [0.2, 0.25) is 0 Å². The number of amides is 2. The smallest absolute Gasteiger partial charge is 0.398 e. The molecule has 5 nitrogen and oxygen atoms in total. The number of carbonyl (C=O) groups is 2. The van der Waals surface area contributed by atoms with Crippen molar-refractivity contribution in [2.45, 2.75) is 56.5 Å². The van der Waals surface area contributed by atoms with Crippen molar-refractivity contribution in [2.75, 3.05) is 0 Å². The van der Waals surface area contributed by atoms with E-state index in [4.69, 9.17) is 4.74 Å². The summed E-state index contributed by atoms with van der Waals surface area (Å²) in [6.07, 6.45) is -2.82. The van der Waals surface area contributed by atoms with Crippen LogP contribution in [-0.2, 0) is 23.4 Å². The largest absolute Gasteiger partial charge is 0.488 e. The van der Waals surface area contributed by atoms with E-state index in [1.54, 1.807) is 22.4 Å². The molecule has 1 N–H and O–H groups in total. The van der Waals surface area contributed by atoms with Crippen LogP contribution in [-0.4, -0.2) is 28.9 Å². The summed E-state index contributed by atoms with van der Waals surface area (Å²) in [6, 6.07) is 5.57. The Morgan fingerprint density at radius 2 is 1.97 bits per heavy atom. The van der Waals surface area contributed by atoms with Gasteiger partial charge in [-0.25, -0.2) is 0 Å². The summed E-state index contributed by atoms with van der Waals surface area (Å²) < 4.78 is 45.7. The van der Waals surface area contributed by atoms with E-state index >= 15 is 0 Å². The lowest BCUT2D eigenvalue weighted by Crippen LogP contribution is -2.49. The second-order valence-electron chi connectivity index (χ2n) is 8.52. The quantitative estimate of drug-likeness (QED) is 0.684. The monoisotopic (exact) mass is 464 g/mol. The molecule has 1 atom stereocenters. The second kappa shape index (κ2) is 7.37.